The Balaban J connectivity index is 1.58. The monoisotopic (exact) mass is 348 g/mol. The largest absolute Gasteiger partial charge is 0.343 e. The van der Waals surface area contributed by atoms with E-state index in [2.05, 4.69) is 10.6 Å². The molecule has 2 aliphatic heterocycles. The third-order valence-electron chi connectivity index (χ3n) is 4.30. The van der Waals surface area contributed by atoms with E-state index in [9.17, 15) is 23.6 Å². The van der Waals surface area contributed by atoms with Gasteiger partial charge in [-0.3, -0.25) is 19.2 Å². The van der Waals surface area contributed by atoms with Gasteiger partial charge in [-0.2, -0.15) is 0 Å². The van der Waals surface area contributed by atoms with Crippen molar-refractivity contribution >= 4 is 29.3 Å². The lowest BCUT2D eigenvalue weighted by atomic mass is 10.1. The van der Waals surface area contributed by atoms with E-state index >= 15 is 0 Å². The second-order valence-corrected chi connectivity index (χ2v) is 6.12. The number of fused-ring (bicyclic) bond motifs is 1. The van der Waals surface area contributed by atoms with Crippen LogP contribution in [0.15, 0.2) is 24.3 Å². The summed E-state index contributed by atoms with van der Waals surface area (Å²) in [4.78, 5) is 50.8. The van der Waals surface area contributed by atoms with E-state index in [4.69, 9.17) is 0 Å². The number of rotatable bonds is 2. The Kier molecular flexibility index (Phi) is 4.39. The summed E-state index contributed by atoms with van der Waals surface area (Å²) in [7, 11) is 1.56. The first-order valence-electron chi connectivity index (χ1n) is 7.77. The SMILES string of the molecule is CN1CC(=O)N2C[C@H](NC(=O)C(=O)Nc3ccc(F)cc3)C[C@H]2C1=O. The van der Waals surface area contributed by atoms with E-state index in [-0.39, 0.29) is 37.0 Å². The minimum atomic E-state index is -0.897. The highest BCUT2D eigenvalue weighted by Gasteiger charge is 2.45. The van der Waals surface area contributed by atoms with Gasteiger partial charge in [0.25, 0.3) is 0 Å². The Labute approximate surface area is 143 Å². The number of nitrogens with one attached hydrogen (secondary N) is 2. The normalized spacial score (nSPS) is 22.6. The van der Waals surface area contributed by atoms with Crippen molar-refractivity contribution < 1.29 is 23.6 Å². The number of carbonyl (C=O) groups is 4. The minimum Gasteiger partial charge on any atom is -0.343 e. The number of amides is 4. The third-order valence-corrected chi connectivity index (χ3v) is 4.30. The molecule has 0 aliphatic carbocycles. The summed E-state index contributed by atoms with van der Waals surface area (Å²) in [6.07, 6.45) is 0.268. The first-order chi connectivity index (χ1) is 11.8. The molecule has 2 atom stereocenters. The van der Waals surface area contributed by atoms with Crippen LogP contribution >= 0.6 is 0 Å². The fourth-order valence-electron chi connectivity index (χ4n) is 3.05. The van der Waals surface area contributed by atoms with E-state index in [1.807, 2.05) is 0 Å². The molecule has 1 aromatic rings. The van der Waals surface area contributed by atoms with Crippen LogP contribution in [0.5, 0.6) is 0 Å². The van der Waals surface area contributed by atoms with Crippen LogP contribution in [0.1, 0.15) is 6.42 Å². The van der Waals surface area contributed by atoms with Crippen molar-refractivity contribution in [1.29, 1.82) is 0 Å². The van der Waals surface area contributed by atoms with Crippen LogP contribution in [0, 0.1) is 5.82 Å². The molecule has 0 unspecified atom stereocenters. The Morgan fingerprint density at radius 2 is 1.84 bits per heavy atom. The van der Waals surface area contributed by atoms with Crippen LogP contribution in [0.2, 0.25) is 0 Å². The van der Waals surface area contributed by atoms with Crippen LogP contribution < -0.4 is 10.6 Å². The molecular weight excluding hydrogens is 331 g/mol. The van der Waals surface area contributed by atoms with Crippen molar-refractivity contribution in [3.63, 3.8) is 0 Å². The van der Waals surface area contributed by atoms with E-state index in [1.165, 1.54) is 21.9 Å². The average Bonchev–Trinajstić information content (AvgIpc) is 2.99. The fraction of sp³-hybridized carbons (Fsp3) is 0.375. The van der Waals surface area contributed by atoms with Gasteiger partial charge in [0, 0.05) is 25.3 Å². The number of benzene rings is 1. The van der Waals surface area contributed by atoms with Gasteiger partial charge in [0.1, 0.15) is 11.9 Å². The maximum absolute atomic E-state index is 12.8. The summed E-state index contributed by atoms with van der Waals surface area (Å²) in [6.45, 7) is 0.208. The van der Waals surface area contributed by atoms with Crippen molar-refractivity contribution in [3.05, 3.63) is 30.1 Å². The topological polar surface area (TPSA) is 98.8 Å². The Morgan fingerprint density at radius 1 is 1.16 bits per heavy atom. The first-order valence-corrected chi connectivity index (χ1v) is 7.77. The molecule has 2 aliphatic rings. The molecule has 0 saturated carbocycles. The number of piperazine rings is 1. The molecule has 9 heteroatoms. The van der Waals surface area contributed by atoms with Crippen LogP contribution in [0.4, 0.5) is 10.1 Å². The molecule has 3 rings (SSSR count). The van der Waals surface area contributed by atoms with Gasteiger partial charge in [-0.25, -0.2) is 4.39 Å². The van der Waals surface area contributed by atoms with Gasteiger partial charge in [-0.15, -0.1) is 0 Å². The number of halogens is 1. The molecule has 8 nitrogen and oxygen atoms in total. The highest BCUT2D eigenvalue weighted by molar-refractivity contribution is 6.39. The Morgan fingerprint density at radius 3 is 2.52 bits per heavy atom. The molecule has 4 amide bonds. The maximum atomic E-state index is 12.8. The van der Waals surface area contributed by atoms with Crippen molar-refractivity contribution in [1.82, 2.24) is 15.1 Å². The summed E-state index contributed by atoms with van der Waals surface area (Å²) < 4.78 is 12.8. The van der Waals surface area contributed by atoms with Crippen molar-refractivity contribution in [2.24, 2.45) is 0 Å². The Bertz CT molecular complexity index is 736. The lowest BCUT2D eigenvalue weighted by molar-refractivity contribution is -0.152. The molecule has 1 aromatic carbocycles. The molecule has 0 spiro atoms. The van der Waals surface area contributed by atoms with Crippen molar-refractivity contribution in [2.75, 3.05) is 25.5 Å². The quantitative estimate of drug-likeness (QED) is 0.692. The van der Waals surface area contributed by atoms with Crippen LogP contribution in [-0.4, -0.2) is 65.6 Å². The second-order valence-electron chi connectivity index (χ2n) is 6.12. The lowest BCUT2D eigenvalue weighted by Crippen LogP contribution is -2.55. The van der Waals surface area contributed by atoms with Crippen LogP contribution in [0.3, 0.4) is 0 Å². The zero-order valence-electron chi connectivity index (χ0n) is 13.5. The first kappa shape index (κ1) is 16.9. The van der Waals surface area contributed by atoms with Gasteiger partial charge < -0.3 is 20.4 Å². The predicted molar refractivity (Wildman–Crippen MR) is 84.7 cm³/mol. The van der Waals surface area contributed by atoms with Gasteiger partial charge in [0.2, 0.25) is 11.8 Å². The van der Waals surface area contributed by atoms with Gasteiger partial charge in [-0.1, -0.05) is 0 Å². The van der Waals surface area contributed by atoms with E-state index in [1.54, 1.807) is 7.05 Å². The van der Waals surface area contributed by atoms with Gasteiger partial charge in [0.05, 0.1) is 6.54 Å². The predicted octanol–water partition coefficient (Wildman–Crippen LogP) is -0.678. The highest BCUT2D eigenvalue weighted by atomic mass is 19.1. The van der Waals surface area contributed by atoms with Gasteiger partial charge in [0.15, 0.2) is 0 Å². The standard InChI is InChI=1S/C16H17FN4O4/c1-20-8-13(22)21-7-11(6-12(21)16(20)25)19-15(24)14(23)18-10-4-2-9(17)3-5-10/h2-5,11-12H,6-8H2,1H3,(H,18,23)(H,19,24)/t11-,12+/m1/s1. The summed E-state index contributed by atoms with van der Waals surface area (Å²) in [5.74, 6) is -2.58. The lowest BCUT2D eigenvalue weighted by Gasteiger charge is -2.33. The molecule has 25 heavy (non-hydrogen) atoms. The van der Waals surface area contributed by atoms with E-state index in [0.29, 0.717) is 0 Å². The molecule has 2 fully saturated rings. The second kappa shape index (κ2) is 6.50. The zero-order valence-corrected chi connectivity index (χ0v) is 13.5. The minimum absolute atomic E-state index is 0.0149. The van der Waals surface area contributed by atoms with Gasteiger partial charge >= 0.3 is 11.8 Å². The van der Waals surface area contributed by atoms with Crippen LogP contribution in [0.25, 0.3) is 0 Å². The molecule has 132 valence electrons. The molecule has 0 bridgehead atoms. The van der Waals surface area contributed by atoms with Crippen molar-refractivity contribution in [3.8, 4) is 0 Å². The summed E-state index contributed by atoms with van der Waals surface area (Å²) in [6, 6.07) is 3.92. The van der Waals surface area contributed by atoms with E-state index < -0.39 is 29.7 Å². The van der Waals surface area contributed by atoms with E-state index in [0.717, 1.165) is 12.1 Å². The zero-order chi connectivity index (χ0) is 18.1. The average molecular weight is 348 g/mol. The number of hydrogen-bond acceptors (Lipinski definition) is 4. The molecule has 2 N–H and O–H groups in total. The van der Waals surface area contributed by atoms with Crippen LogP contribution in [-0.2, 0) is 19.2 Å². The number of likely N-dealkylation sites (N-methyl/N-ethyl adjacent to an activating group) is 1. The maximum Gasteiger partial charge on any atom is 0.313 e. The number of hydrogen-bond donors (Lipinski definition) is 2. The smallest absolute Gasteiger partial charge is 0.313 e. The molecule has 2 heterocycles. The summed E-state index contributed by atoms with van der Waals surface area (Å²) in [5.41, 5.74) is 0.289. The molecule has 0 radical (unpaired) electrons. The summed E-state index contributed by atoms with van der Waals surface area (Å²) >= 11 is 0. The third kappa shape index (κ3) is 3.44. The van der Waals surface area contributed by atoms with Crippen molar-refractivity contribution in [2.45, 2.75) is 18.5 Å². The fourth-order valence-corrected chi connectivity index (χ4v) is 3.05. The molecule has 0 aromatic heterocycles. The van der Waals surface area contributed by atoms with Gasteiger partial charge in [-0.05, 0) is 30.7 Å². The molecule has 2 saturated heterocycles. The Hall–Kier alpha value is -2.97. The number of nitrogens with zero attached hydrogens (tertiary/aromatic N) is 2. The number of carbonyl (C=O) groups excluding carboxylic acids is 4. The summed E-state index contributed by atoms with van der Waals surface area (Å²) in [5, 5.41) is 4.89. The number of anilines is 1. The highest BCUT2D eigenvalue weighted by Crippen LogP contribution is 2.23. The molecular formula is C16H17FN4O4.